The SMILES string of the molecule is Cc1cccc(N(C)C(=O)c2cc(-c3ccc(F)cc3)n[nH]2)c1. The molecule has 0 aliphatic carbocycles. The first kappa shape index (κ1) is 15.0. The standard InChI is InChI=1S/C18H16FN3O/c1-12-4-3-5-15(10-12)22(2)18(23)17-11-16(20-21-17)13-6-8-14(19)9-7-13/h3-11H,1-2H3,(H,20,21). The summed E-state index contributed by atoms with van der Waals surface area (Å²) in [6, 6.07) is 15.4. The van der Waals surface area contributed by atoms with Crippen LogP contribution in [-0.2, 0) is 0 Å². The normalized spacial score (nSPS) is 10.6. The summed E-state index contributed by atoms with van der Waals surface area (Å²) in [4.78, 5) is 14.1. The molecule has 1 amide bonds. The number of nitrogens with zero attached hydrogens (tertiary/aromatic N) is 2. The van der Waals surface area contributed by atoms with Gasteiger partial charge in [0.15, 0.2) is 0 Å². The number of carbonyl (C=O) groups is 1. The third kappa shape index (κ3) is 3.13. The number of benzene rings is 2. The van der Waals surface area contributed by atoms with E-state index >= 15 is 0 Å². The van der Waals surface area contributed by atoms with Crippen LogP contribution in [0, 0.1) is 12.7 Å². The van der Waals surface area contributed by atoms with Gasteiger partial charge in [-0.05, 0) is 55.0 Å². The third-order valence-electron chi connectivity index (χ3n) is 3.64. The van der Waals surface area contributed by atoms with E-state index in [2.05, 4.69) is 10.2 Å². The number of nitrogens with one attached hydrogen (secondary N) is 1. The molecule has 23 heavy (non-hydrogen) atoms. The maximum Gasteiger partial charge on any atom is 0.276 e. The van der Waals surface area contributed by atoms with Crippen molar-refractivity contribution in [2.24, 2.45) is 0 Å². The summed E-state index contributed by atoms with van der Waals surface area (Å²) in [7, 11) is 1.72. The molecule has 0 saturated carbocycles. The monoisotopic (exact) mass is 309 g/mol. The van der Waals surface area contributed by atoms with Gasteiger partial charge in [0, 0.05) is 18.3 Å². The minimum atomic E-state index is -0.306. The highest BCUT2D eigenvalue weighted by molar-refractivity contribution is 6.04. The molecule has 0 spiro atoms. The maximum absolute atomic E-state index is 13.0. The Labute approximate surface area is 133 Å². The summed E-state index contributed by atoms with van der Waals surface area (Å²) < 4.78 is 13.0. The van der Waals surface area contributed by atoms with Crippen molar-refractivity contribution in [2.75, 3.05) is 11.9 Å². The molecule has 0 aliphatic rings. The van der Waals surface area contributed by atoms with Crippen molar-refractivity contribution in [2.45, 2.75) is 6.92 Å². The molecule has 3 aromatic rings. The lowest BCUT2D eigenvalue weighted by Gasteiger charge is -2.16. The Morgan fingerprint density at radius 1 is 1.13 bits per heavy atom. The van der Waals surface area contributed by atoms with Crippen LogP contribution in [0.1, 0.15) is 16.1 Å². The summed E-state index contributed by atoms with van der Waals surface area (Å²) in [5.74, 6) is -0.490. The zero-order valence-corrected chi connectivity index (χ0v) is 12.9. The molecule has 5 heteroatoms. The summed E-state index contributed by atoms with van der Waals surface area (Å²) in [5.41, 5.74) is 3.63. The van der Waals surface area contributed by atoms with Crippen LogP contribution in [0.4, 0.5) is 10.1 Å². The summed E-state index contributed by atoms with van der Waals surface area (Å²) in [6.07, 6.45) is 0. The second-order valence-corrected chi connectivity index (χ2v) is 5.38. The molecule has 0 aliphatic heterocycles. The average Bonchev–Trinajstić information content (AvgIpc) is 3.04. The van der Waals surface area contributed by atoms with Crippen LogP contribution in [-0.4, -0.2) is 23.2 Å². The van der Waals surface area contributed by atoms with Gasteiger partial charge in [-0.15, -0.1) is 0 Å². The number of aromatic amines is 1. The van der Waals surface area contributed by atoms with Crippen LogP contribution in [0.5, 0.6) is 0 Å². The summed E-state index contributed by atoms with van der Waals surface area (Å²) >= 11 is 0. The summed E-state index contributed by atoms with van der Waals surface area (Å²) in [6.45, 7) is 1.98. The van der Waals surface area contributed by atoms with E-state index in [0.717, 1.165) is 16.8 Å². The topological polar surface area (TPSA) is 49.0 Å². The largest absolute Gasteiger partial charge is 0.310 e. The molecule has 1 aromatic heterocycles. The first-order valence-corrected chi connectivity index (χ1v) is 7.20. The number of hydrogen-bond donors (Lipinski definition) is 1. The van der Waals surface area contributed by atoms with E-state index in [-0.39, 0.29) is 11.7 Å². The lowest BCUT2D eigenvalue weighted by molar-refractivity contribution is 0.0988. The molecule has 1 heterocycles. The first-order valence-electron chi connectivity index (χ1n) is 7.20. The number of amides is 1. The van der Waals surface area contributed by atoms with Crippen molar-refractivity contribution in [3.8, 4) is 11.3 Å². The lowest BCUT2D eigenvalue weighted by Crippen LogP contribution is -2.26. The van der Waals surface area contributed by atoms with E-state index in [9.17, 15) is 9.18 Å². The molecule has 2 aromatic carbocycles. The molecule has 0 atom stereocenters. The molecule has 0 bridgehead atoms. The van der Waals surface area contributed by atoms with Gasteiger partial charge in [0.2, 0.25) is 0 Å². The Kier molecular flexibility index (Phi) is 3.93. The van der Waals surface area contributed by atoms with Crippen LogP contribution in [0.3, 0.4) is 0 Å². The fourth-order valence-corrected chi connectivity index (χ4v) is 2.33. The number of hydrogen-bond acceptors (Lipinski definition) is 2. The average molecular weight is 309 g/mol. The molecule has 0 radical (unpaired) electrons. The molecular weight excluding hydrogens is 293 g/mol. The number of carbonyl (C=O) groups excluding carboxylic acids is 1. The van der Waals surface area contributed by atoms with Gasteiger partial charge in [0.05, 0.1) is 5.69 Å². The van der Waals surface area contributed by atoms with Gasteiger partial charge < -0.3 is 4.90 Å². The summed E-state index contributed by atoms with van der Waals surface area (Å²) in [5, 5.41) is 6.88. The predicted molar refractivity (Wildman–Crippen MR) is 87.9 cm³/mol. The minimum absolute atomic E-state index is 0.184. The maximum atomic E-state index is 13.0. The number of halogens is 1. The van der Waals surface area contributed by atoms with Crippen molar-refractivity contribution in [3.05, 3.63) is 71.7 Å². The zero-order valence-electron chi connectivity index (χ0n) is 12.9. The van der Waals surface area contributed by atoms with Gasteiger partial charge in [0.1, 0.15) is 11.5 Å². The van der Waals surface area contributed by atoms with E-state index in [1.54, 1.807) is 30.1 Å². The van der Waals surface area contributed by atoms with Crippen LogP contribution >= 0.6 is 0 Å². The second-order valence-electron chi connectivity index (χ2n) is 5.38. The lowest BCUT2D eigenvalue weighted by atomic mass is 10.1. The molecular formula is C18H16FN3O. The fraction of sp³-hybridized carbons (Fsp3) is 0.111. The van der Waals surface area contributed by atoms with Gasteiger partial charge in [-0.2, -0.15) is 5.10 Å². The van der Waals surface area contributed by atoms with Crippen molar-refractivity contribution < 1.29 is 9.18 Å². The van der Waals surface area contributed by atoms with Gasteiger partial charge >= 0.3 is 0 Å². The Hall–Kier alpha value is -2.95. The van der Waals surface area contributed by atoms with Crippen LogP contribution in [0.2, 0.25) is 0 Å². The highest BCUT2D eigenvalue weighted by Crippen LogP contribution is 2.20. The Bertz CT molecular complexity index is 839. The molecule has 1 N–H and O–H groups in total. The Morgan fingerprint density at radius 3 is 2.57 bits per heavy atom. The Morgan fingerprint density at radius 2 is 1.87 bits per heavy atom. The molecule has 3 rings (SSSR count). The van der Waals surface area contributed by atoms with Gasteiger partial charge in [-0.25, -0.2) is 4.39 Å². The fourth-order valence-electron chi connectivity index (χ4n) is 2.33. The second kappa shape index (κ2) is 6.04. The van der Waals surface area contributed by atoms with Crippen LogP contribution in [0.15, 0.2) is 54.6 Å². The van der Waals surface area contributed by atoms with E-state index in [1.807, 2.05) is 31.2 Å². The minimum Gasteiger partial charge on any atom is -0.310 e. The van der Waals surface area contributed by atoms with E-state index < -0.39 is 0 Å². The van der Waals surface area contributed by atoms with E-state index in [0.29, 0.717) is 11.4 Å². The highest BCUT2D eigenvalue weighted by Gasteiger charge is 2.16. The van der Waals surface area contributed by atoms with Crippen LogP contribution < -0.4 is 4.90 Å². The molecule has 116 valence electrons. The van der Waals surface area contributed by atoms with Crippen molar-refractivity contribution in [1.82, 2.24) is 10.2 Å². The first-order chi connectivity index (χ1) is 11.0. The van der Waals surface area contributed by atoms with Gasteiger partial charge in [-0.3, -0.25) is 9.89 Å². The third-order valence-corrected chi connectivity index (χ3v) is 3.64. The number of aromatic nitrogens is 2. The molecule has 4 nitrogen and oxygen atoms in total. The van der Waals surface area contributed by atoms with Gasteiger partial charge in [-0.1, -0.05) is 12.1 Å². The molecule has 0 fully saturated rings. The predicted octanol–water partition coefficient (Wildman–Crippen LogP) is 3.80. The smallest absolute Gasteiger partial charge is 0.276 e. The van der Waals surface area contributed by atoms with E-state index in [4.69, 9.17) is 0 Å². The van der Waals surface area contributed by atoms with Crippen LogP contribution in [0.25, 0.3) is 11.3 Å². The van der Waals surface area contributed by atoms with Crippen molar-refractivity contribution in [1.29, 1.82) is 0 Å². The number of aryl methyl sites for hydroxylation is 1. The van der Waals surface area contributed by atoms with E-state index in [1.165, 1.54) is 12.1 Å². The Balaban J connectivity index is 1.84. The molecule has 0 unspecified atom stereocenters. The van der Waals surface area contributed by atoms with Gasteiger partial charge in [0.25, 0.3) is 5.91 Å². The number of H-pyrrole nitrogens is 1. The number of rotatable bonds is 3. The van der Waals surface area contributed by atoms with Crippen molar-refractivity contribution in [3.63, 3.8) is 0 Å². The quantitative estimate of drug-likeness (QED) is 0.800. The molecule has 0 saturated heterocycles. The van der Waals surface area contributed by atoms with Crippen molar-refractivity contribution >= 4 is 11.6 Å². The zero-order chi connectivity index (χ0) is 16.4. The highest BCUT2D eigenvalue weighted by atomic mass is 19.1. The number of anilines is 1.